The summed E-state index contributed by atoms with van der Waals surface area (Å²) in [4.78, 5) is 4.29. The lowest BCUT2D eigenvalue weighted by Crippen LogP contribution is -2.15. The zero-order valence-electron chi connectivity index (χ0n) is 10.4. The molecule has 0 spiro atoms. The van der Waals surface area contributed by atoms with Crippen molar-refractivity contribution < 1.29 is 5.11 Å². The fraction of sp³-hybridized carbons (Fsp3) is 0.500. The Kier molecular flexibility index (Phi) is 2.89. The van der Waals surface area contributed by atoms with E-state index < -0.39 is 6.04 Å². The number of hydrogen-bond donors (Lipinski definition) is 2. The van der Waals surface area contributed by atoms with Gasteiger partial charge in [0.05, 0.1) is 18.3 Å². The van der Waals surface area contributed by atoms with Gasteiger partial charge in [0, 0.05) is 29.4 Å². The molecule has 0 saturated carbocycles. The minimum absolute atomic E-state index is 0.00699. The van der Waals surface area contributed by atoms with Crippen molar-refractivity contribution >= 4 is 5.65 Å². The van der Waals surface area contributed by atoms with Crippen LogP contribution < -0.4 is 5.73 Å². The number of nitrogens with two attached hydrogens (primary N) is 1. The Hall–Kier alpha value is -1.46. The number of nitrogens with zero attached hydrogens (tertiary/aromatic N) is 3. The molecule has 3 N–H and O–H groups in total. The summed E-state index contributed by atoms with van der Waals surface area (Å²) >= 11 is 0. The van der Waals surface area contributed by atoms with Gasteiger partial charge in [-0.25, -0.2) is 9.50 Å². The third kappa shape index (κ3) is 2.30. The molecule has 2 aromatic rings. The van der Waals surface area contributed by atoms with Crippen LogP contribution in [-0.4, -0.2) is 26.3 Å². The van der Waals surface area contributed by atoms with Gasteiger partial charge in [-0.3, -0.25) is 0 Å². The van der Waals surface area contributed by atoms with E-state index in [0.29, 0.717) is 0 Å². The summed E-state index contributed by atoms with van der Waals surface area (Å²) in [6.45, 7) is 6.22. The van der Waals surface area contributed by atoms with Crippen LogP contribution in [0.5, 0.6) is 0 Å². The predicted molar refractivity (Wildman–Crippen MR) is 65.7 cm³/mol. The maximum Gasteiger partial charge on any atom is 0.155 e. The van der Waals surface area contributed by atoms with Crippen LogP contribution in [0.1, 0.15) is 38.1 Å². The van der Waals surface area contributed by atoms with Gasteiger partial charge in [0.15, 0.2) is 5.65 Å². The summed E-state index contributed by atoms with van der Waals surface area (Å²) in [6.07, 6.45) is 3.50. The Labute approximate surface area is 100 Å². The Morgan fingerprint density at radius 3 is 2.76 bits per heavy atom. The molecule has 92 valence electrons. The number of aliphatic hydroxyl groups excluding tert-OH is 1. The Morgan fingerprint density at radius 1 is 1.47 bits per heavy atom. The van der Waals surface area contributed by atoms with Gasteiger partial charge in [-0.2, -0.15) is 5.10 Å². The van der Waals surface area contributed by atoms with E-state index in [9.17, 15) is 0 Å². The minimum atomic E-state index is -0.408. The zero-order chi connectivity index (χ0) is 12.6. The van der Waals surface area contributed by atoms with Crippen LogP contribution in [-0.2, 0) is 5.41 Å². The number of rotatable bonds is 2. The average molecular weight is 234 g/mol. The van der Waals surface area contributed by atoms with Crippen LogP contribution in [0.25, 0.3) is 5.65 Å². The SMILES string of the molecule is CC(C)(C)c1cc2ncc(C(N)CO)cn2n1. The summed E-state index contributed by atoms with van der Waals surface area (Å²) < 4.78 is 1.71. The summed E-state index contributed by atoms with van der Waals surface area (Å²) in [5, 5.41) is 13.5. The maximum absolute atomic E-state index is 9.01. The van der Waals surface area contributed by atoms with Crippen molar-refractivity contribution in [3.8, 4) is 0 Å². The second kappa shape index (κ2) is 4.09. The first-order chi connectivity index (χ1) is 7.91. The van der Waals surface area contributed by atoms with E-state index in [-0.39, 0.29) is 12.0 Å². The summed E-state index contributed by atoms with van der Waals surface area (Å²) in [6, 6.07) is 1.56. The van der Waals surface area contributed by atoms with Crippen molar-refractivity contribution in [2.75, 3.05) is 6.61 Å². The fourth-order valence-corrected chi connectivity index (χ4v) is 1.55. The zero-order valence-corrected chi connectivity index (χ0v) is 10.4. The molecule has 2 rings (SSSR count). The maximum atomic E-state index is 9.01. The van der Waals surface area contributed by atoms with Crippen LogP contribution >= 0.6 is 0 Å². The summed E-state index contributed by atoms with van der Waals surface area (Å²) in [5.41, 5.74) is 8.30. The second-order valence-corrected chi connectivity index (χ2v) is 5.26. The third-order valence-electron chi connectivity index (χ3n) is 2.73. The molecule has 0 aliphatic heterocycles. The first-order valence-electron chi connectivity index (χ1n) is 5.64. The smallest absolute Gasteiger partial charge is 0.155 e. The van der Waals surface area contributed by atoms with Gasteiger partial charge in [0.2, 0.25) is 0 Å². The van der Waals surface area contributed by atoms with E-state index in [1.807, 2.05) is 12.3 Å². The van der Waals surface area contributed by atoms with Crippen LogP contribution in [0, 0.1) is 0 Å². The second-order valence-electron chi connectivity index (χ2n) is 5.26. The van der Waals surface area contributed by atoms with Crippen molar-refractivity contribution in [3.05, 3.63) is 29.7 Å². The molecule has 0 radical (unpaired) electrons. The monoisotopic (exact) mass is 234 g/mol. The molecule has 5 heteroatoms. The van der Waals surface area contributed by atoms with Crippen molar-refractivity contribution in [3.63, 3.8) is 0 Å². The topological polar surface area (TPSA) is 76.4 Å². The molecule has 1 atom stereocenters. The lowest BCUT2D eigenvalue weighted by atomic mass is 9.93. The van der Waals surface area contributed by atoms with E-state index in [1.165, 1.54) is 0 Å². The Balaban J connectivity index is 2.48. The molecule has 0 bridgehead atoms. The molecule has 0 saturated heterocycles. The van der Waals surface area contributed by atoms with Gasteiger partial charge in [0.1, 0.15) is 0 Å². The molecule has 0 fully saturated rings. The van der Waals surface area contributed by atoms with Gasteiger partial charge in [-0.05, 0) is 0 Å². The molecule has 0 aliphatic carbocycles. The van der Waals surface area contributed by atoms with Gasteiger partial charge < -0.3 is 10.8 Å². The highest BCUT2D eigenvalue weighted by Gasteiger charge is 2.18. The van der Waals surface area contributed by atoms with Crippen molar-refractivity contribution in [1.82, 2.24) is 14.6 Å². The molecule has 0 aromatic carbocycles. The Morgan fingerprint density at radius 2 is 2.18 bits per heavy atom. The van der Waals surface area contributed by atoms with E-state index in [2.05, 4.69) is 30.9 Å². The van der Waals surface area contributed by atoms with Gasteiger partial charge in [0.25, 0.3) is 0 Å². The quantitative estimate of drug-likeness (QED) is 0.813. The third-order valence-corrected chi connectivity index (χ3v) is 2.73. The van der Waals surface area contributed by atoms with Crippen LogP contribution in [0.15, 0.2) is 18.5 Å². The van der Waals surface area contributed by atoms with Crippen molar-refractivity contribution in [2.45, 2.75) is 32.2 Å². The highest BCUT2D eigenvalue weighted by Crippen LogP contribution is 2.21. The summed E-state index contributed by atoms with van der Waals surface area (Å²) in [7, 11) is 0. The first-order valence-corrected chi connectivity index (χ1v) is 5.64. The standard InChI is InChI=1S/C12H18N4O/c1-12(2,3)10-4-11-14-5-8(9(13)7-17)6-16(11)15-10/h4-6,9,17H,7,13H2,1-3H3. The first kappa shape index (κ1) is 12.0. The number of aliphatic hydroxyl groups is 1. The van der Waals surface area contributed by atoms with Gasteiger partial charge in [-0.1, -0.05) is 20.8 Å². The molecular weight excluding hydrogens is 216 g/mol. The van der Waals surface area contributed by atoms with E-state index in [1.54, 1.807) is 10.7 Å². The molecule has 0 amide bonds. The lowest BCUT2D eigenvalue weighted by Gasteiger charge is -2.13. The highest BCUT2D eigenvalue weighted by molar-refractivity contribution is 5.41. The molecular formula is C12H18N4O. The van der Waals surface area contributed by atoms with Crippen molar-refractivity contribution in [2.24, 2.45) is 5.73 Å². The van der Waals surface area contributed by atoms with Crippen molar-refractivity contribution in [1.29, 1.82) is 0 Å². The van der Waals surface area contributed by atoms with Gasteiger partial charge in [-0.15, -0.1) is 0 Å². The van der Waals surface area contributed by atoms with Gasteiger partial charge >= 0.3 is 0 Å². The molecule has 1 unspecified atom stereocenters. The van der Waals surface area contributed by atoms with Crippen LogP contribution in [0.4, 0.5) is 0 Å². The number of aromatic nitrogens is 3. The largest absolute Gasteiger partial charge is 0.394 e. The van der Waals surface area contributed by atoms with Crippen LogP contribution in [0.2, 0.25) is 0 Å². The lowest BCUT2D eigenvalue weighted by molar-refractivity contribution is 0.267. The van der Waals surface area contributed by atoms with E-state index in [4.69, 9.17) is 10.8 Å². The molecule has 0 aliphatic rings. The molecule has 5 nitrogen and oxygen atoms in total. The fourth-order valence-electron chi connectivity index (χ4n) is 1.55. The average Bonchev–Trinajstić information content (AvgIpc) is 2.70. The molecule has 2 heterocycles. The number of fused-ring (bicyclic) bond motifs is 1. The molecule has 17 heavy (non-hydrogen) atoms. The minimum Gasteiger partial charge on any atom is -0.394 e. The predicted octanol–water partition coefficient (Wildman–Crippen LogP) is 1.02. The molecule has 2 aromatic heterocycles. The normalized spacial score (nSPS) is 14.2. The Bertz CT molecular complexity index is 527. The van der Waals surface area contributed by atoms with E-state index in [0.717, 1.165) is 16.9 Å². The summed E-state index contributed by atoms with van der Waals surface area (Å²) in [5.74, 6) is 0. The van der Waals surface area contributed by atoms with Crippen LogP contribution in [0.3, 0.4) is 0 Å². The highest BCUT2D eigenvalue weighted by atomic mass is 16.3. The van der Waals surface area contributed by atoms with E-state index >= 15 is 0 Å². The number of hydrogen-bond acceptors (Lipinski definition) is 4.